The molecule has 0 fully saturated rings. The second-order valence-corrected chi connectivity index (χ2v) is 15.9. The predicted octanol–water partition coefficient (Wildman–Crippen LogP) is 2.75. The molecule has 0 aromatic heterocycles. The Kier molecular flexibility index (Phi) is 8.03. The molecule has 0 amide bonds. The quantitative estimate of drug-likeness (QED) is 0.582. The molecule has 0 aliphatic heterocycles. The number of halogens is 4. The van der Waals surface area contributed by atoms with Gasteiger partial charge in [0.15, 0.2) is 0 Å². The second-order valence-electron chi connectivity index (χ2n) is 0.429. The summed E-state index contributed by atoms with van der Waals surface area (Å²) in [5.74, 6) is 0. The summed E-state index contributed by atoms with van der Waals surface area (Å²) in [5, 5.41) is 0. The summed E-state index contributed by atoms with van der Waals surface area (Å²) in [6, 6.07) is 0. The Morgan fingerprint density at radius 2 is 0.833 bits per heavy atom. The average molecular weight is 253 g/mol. The van der Waals surface area contributed by atoms with Gasteiger partial charge in [-0.05, 0) is 0 Å². The van der Waals surface area contributed by atoms with E-state index in [1.54, 1.807) is 0 Å². The fourth-order valence-electron chi connectivity index (χ4n) is 0. The van der Waals surface area contributed by atoms with Crippen molar-refractivity contribution >= 4 is 37.2 Å². The van der Waals surface area contributed by atoms with Crippen molar-refractivity contribution in [2.24, 2.45) is 0 Å². The molecule has 0 rings (SSSR count). The maximum Gasteiger partial charge on any atom is 0 e. The van der Waals surface area contributed by atoms with Crippen LogP contribution >= 0.6 is 37.2 Å². The summed E-state index contributed by atoms with van der Waals surface area (Å²) < 4.78 is 0. The van der Waals surface area contributed by atoms with E-state index in [1.807, 2.05) is 0 Å². The van der Waals surface area contributed by atoms with Gasteiger partial charge >= 0.3 is 49.6 Å². The third-order valence-electron chi connectivity index (χ3n) is 0. The van der Waals surface area contributed by atoms with Crippen LogP contribution in [0.15, 0.2) is 0 Å². The summed E-state index contributed by atoms with van der Waals surface area (Å²) >= 11 is -3.11. The molecule has 0 spiro atoms. The average Bonchev–Trinajstić information content (AvgIpc) is 0.722. The minimum atomic E-state index is -3.11. The van der Waals surface area contributed by atoms with Gasteiger partial charge in [0.05, 0.1) is 0 Å². The first-order chi connectivity index (χ1) is 2.00. The topological polar surface area (TPSA) is 0 Å². The minimum absolute atomic E-state index is 0. The van der Waals surface area contributed by atoms with Gasteiger partial charge in [-0.25, -0.2) is 0 Å². The monoisotopic (exact) mass is 251 g/mol. The van der Waals surface area contributed by atoms with Crippen LogP contribution in [0.2, 0.25) is 0 Å². The van der Waals surface area contributed by atoms with E-state index in [9.17, 15) is 0 Å². The zero-order valence-corrected chi connectivity index (χ0v) is 7.84. The van der Waals surface area contributed by atoms with E-state index in [2.05, 4.69) is 0 Å². The molecule has 0 N–H and O–H groups in total. The normalized spacial score (nSPS) is 10.0. The van der Waals surface area contributed by atoms with Gasteiger partial charge in [-0.1, -0.05) is 0 Å². The Balaban J connectivity index is 0. The Labute approximate surface area is 65.8 Å². The molecular weight excluding hydrogens is 253 g/mol. The van der Waals surface area contributed by atoms with Crippen molar-refractivity contribution < 1.29 is 29.4 Å². The van der Waals surface area contributed by atoms with E-state index in [0.29, 0.717) is 0 Å². The van der Waals surface area contributed by atoms with Gasteiger partial charge in [0, 0.05) is 17.1 Å². The zero-order chi connectivity index (χ0) is 4.50. The standard InChI is InChI=1S/4ClH.Cu.Ti/h4*1H;;/q;;;;;+4/p-4. The van der Waals surface area contributed by atoms with Crippen molar-refractivity contribution in [3.8, 4) is 0 Å². The van der Waals surface area contributed by atoms with Crippen LogP contribution in [-0.4, -0.2) is 0 Å². The van der Waals surface area contributed by atoms with Gasteiger partial charge in [0.25, 0.3) is 0 Å². The Hall–Kier alpha value is 2.39. The van der Waals surface area contributed by atoms with Crippen molar-refractivity contribution in [1.82, 2.24) is 0 Å². The molecule has 0 heterocycles. The summed E-state index contributed by atoms with van der Waals surface area (Å²) in [6.07, 6.45) is 0. The third kappa shape index (κ3) is 32.5. The van der Waals surface area contributed by atoms with Crippen LogP contribution in [0.4, 0.5) is 0 Å². The van der Waals surface area contributed by atoms with E-state index >= 15 is 0 Å². The fraction of sp³-hybridized carbons (Fsp3) is 0. The molecular formula is Cl4CuTi. The zero-order valence-electron chi connectivity index (χ0n) is 2.31. The number of hydrogen-bond donors (Lipinski definition) is 0. The third-order valence-corrected chi connectivity index (χ3v) is 0. The summed E-state index contributed by atoms with van der Waals surface area (Å²) in [4.78, 5) is 0. The van der Waals surface area contributed by atoms with Crippen molar-refractivity contribution in [3.05, 3.63) is 0 Å². The van der Waals surface area contributed by atoms with Gasteiger partial charge < -0.3 is 0 Å². The second kappa shape index (κ2) is 4.29. The van der Waals surface area contributed by atoms with Crippen LogP contribution in [0.1, 0.15) is 0 Å². The first-order valence-corrected chi connectivity index (χ1v) is 9.35. The van der Waals surface area contributed by atoms with Gasteiger partial charge in [-0.3, -0.25) is 0 Å². The number of rotatable bonds is 0. The molecule has 6 heteroatoms. The predicted molar refractivity (Wildman–Crippen MR) is 23.4 cm³/mol. The van der Waals surface area contributed by atoms with Crippen LogP contribution in [-0.2, 0) is 29.4 Å². The fourth-order valence-corrected chi connectivity index (χ4v) is 0. The summed E-state index contributed by atoms with van der Waals surface area (Å²) in [5.41, 5.74) is 0. The summed E-state index contributed by atoms with van der Waals surface area (Å²) in [6.45, 7) is 0. The van der Waals surface area contributed by atoms with E-state index in [-0.39, 0.29) is 17.1 Å². The van der Waals surface area contributed by atoms with Gasteiger partial charge in [0.2, 0.25) is 0 Å². The molecule has 0 saturated carbocycles. The van der Waals surface area contributed by atoms with Crippen molar-refractivity contribution in [2.45, 2.75) is 0 Å². The molecule has 0 aromatic carbocycles. The van der Waals surface area contributed by atoms with E-state index < -0.39 is 12.3 Å². The van der Waals surface area contributed by atoms with Crippen molar-refractivity contribution in [2.75, 3.05) is 0 Å². The molecule has 0 saturated heterocycles. The van der Waals surface area contributed by atoms with E-state index in [0.717, 1.165) is 0 Å². The Bertz CT molecular complexity index is 23.0. The smallest absolute Gasteiger partial charge is 0 e. The SMILES string of the molecule is [Cl][Ti]([Cl])([Cl])[Cl].[Cu]. The molecule has 6 heavy (non-hydrogen) atoms. The summed E-state index contributed by atoms with van der Waals surface area (Å²) in [7, 11) is 20.1. The molecule has 0 aromatic rings. The molecule has 0 nitrogen and oxygen atoms in total. The number of hydrogen-bond acceptors (Lipinski definition) is 0. The van der Waals surface area contributed by atoms with Crippen LogP contribution in [0.5, 0.6) is 0 Å². The van der Waals surface area contributed by atoms with Crippen molar-refractivity contribution in [1.29, 1.82) is 0 Å². The van der Waals surface area contributed by atoms with Gasteiger partial charge in [-0.2, -0.15) is 0 Å². The molecule has 0 unspecified atom stereocenters. The van der Waals surface area contributed by atoms with E-state index in [1.165, 1.54) is 0 Å². The van der Waals surface area contributed by atoms with Crippen LogP contribution in [0, 0.1) is 0 Å². The minimum Gasteiger partial charge on any atom is 0 e. The van der Waals surface area contributed by atoms with E-state index in [4.69, 9.17) is 37.2 Å². The Morgan fingerprint density at radius 3 is 0.833 bits per heavy atom. The first-order valence-electron chi connectivity index (χ1n) is 0.756. The molecule has 0 bridgehead atoms. The van der Waals surface area contributed by atoms with Crippen LogP contribution in [0.25, 0.3) is 0 Å². The van der Waals surface area contributed by atoms with Gasteiger partial charge in [-0.15, -0.1) is 0 Å². The first kappa shape index (κ1) is 11.2. The maximum absolute atomic E-state index is 5.01. The molecule has 0 atom stereocenters. The van der Waals surface area contributed by atoms with Crippen LogP contribution < -0.4 is 0 Å². The molecule has 0 aliphatic rings. The molecule has 43 valence electrons. The molecule has 1 radical (unpaired) electrons. The Morgan fingerprint density at radius 1 is 0.833 bits per heavy atom. The van der Waals surface area contributed by atoms with Crippen molar-refractivity contribution in [3.63, 3.8) is 0 Å². The van der Waals surface area contributed by atoms with Crippen LogP contribution in [0.3, 0.4) is 0 Å². The van der Waals surface area contributed by atoms with Gasteiger partial charge in [0.1, 0.15) is 0 Å². The molecule has 0 aliphatic carbocycles. The maximum atomic E-state index is 5.01. The largest absolute Gasteiger partial charge is 0 e.